The summed E-state index contributed by atoms with van der Waals surface area (Å²) in [5.74, 6) is 0. The summed E-state index contributed by atoms with van der Waals surface area (Å²) in [5.41, 5.74) is 7.54. The molecule has 10 heavy (non-hydrogen) atoms. The van der Waals surface area contributed by atoms with E-state index in [9.17, 15) is 0 Å². The van der Waals surface area contributed by atoms with Crippen LogP contribution in [0.15, 0.2) is 5.11 Å². The van der Waals surface area contributed by atoms with E-state index in [4.69, 9.17) is 26.0 Å². The van der Waals surface area contributed by atoms with E-state index in [1.165, 1.54) is 0 Å². The molecule has 2 N–H and O–H groups in total. The molecule has 0 unspecified atom stereocenters. The van der Waals surface area contributed by atoms with E-state index in [0.717, 1.165) is 0 Å². The highest BCUT2D eigenvalue weighted by molar-refractivity contribution is 4.40. The van der Waals surface area contributed by atoms with Gasteiger partial charge in [0.2, 0.25) is 0 Å². The maximum absolute atomic E-state index is 8.36. The Morgan fingerprint density at radius 2 is 2.20 bits per heavy atom. The summed E-state index contributed by atoms with van der Waals surface area (Å²) < 4.78 is 0. The Morgan fingerprint density at radius 1 is 1.80 bits per heavy atom. The average Bonchev–Trinajstić information content (AvgIpc) is 1.82. The zero-order chi connectivity index (χ0) is 8.41. The van der Waals surface area contributed by atoms with Crippen LogP contribution in [0.3, 0.4) is 0 Å². The SMILES string of the molecule is O=[N+]([O-])O.[N-]=[N+]=NCCO. The zero-order valence-electron chi connectivity index (χ0n) is 4.91. The fourth-order valence-corrected chi connectivity index (χ4v) is 0.0894. The van der Waals surface area contributed by atoms with Gasteiger partial charge in [-0.1, -0.05) is 5.11 Å². The number of hydrogen-bond acceptors (Lipinski definition) is 4. The quantitative estimate of drug-likeness (QED) is 0.187. The molecule has 8 nitrogen and oxygen atoms in total. The van der Waals surface area contributed by atoms with Crippen molar-refractivity contribution in [3.63, 3.8) is 0 Å². The molecule has 0 rings (SSSR count). The molecule has 0 aliphatic carbocycles. The lowest BCUT2D eigenvalue weighted by atomic mass is 10.8. The Kier molecular flexibility index (Phi) is 11.8. The Hall–Kier alpha value is -1.53. The minimum absolute atomic E-state index is 0.0654. The maximum atomic E-state index is 8.36. The largest absolute Gasteiger partial charge is 0.396 e. The number of nitrogens with zero attached hydrogens (tertiary/aromatic N) is 4. The predicted molar refractivity (Wildman–Crippen MR) is 29.9 cm³/mol. The predicted octanol–water partition coefficient (Wildman–Crippen LogP) is -0.0587. The van der Waals surface area contributed by atoms with Crippen LogP contribution >= 0.6 is 0 Å². The average molecular weight is 150 g/mol. The smallest absolute Gasteiger partial charge is 0.291 e. The third kappa shape index (κ3) is 89.6. The topological polar surface area (TPSA) is 132 Å². The van der Waals surface area contributed by atoms with Crippen molar-refractivity contribution in [1.82, 2.24) is 0 Å². The highest BCUT2D eigenvalue weighted by Crippen LogP contribution is 1.63. The normalized spacial score (nSPS) is 6.50. The molecule has 58 valence electrons. The Balaban J connectivity index is 0. The van der Waals surface area contributed by atoms with E-state index in [1.807, 2.05) is 0 Å². The lowest BCUT2D eigenvalue weighted by Gasteiger charge is -1.72. The molecule has 0 aliphatic heterocycles. The molecular formula is C2H6N4O4. The van der Waals surface area contributed by atoms with Crippen LogP contribution in [0.1, 0.15) is 0 Å². The van der Waals surface area contributed by atoms with Crippen LogP contribution < -0.4 is 0 Å². The summed E-state index contributed by atoms with van der Waals surface area (Å²) in [6.07, 6.45) is 0. The number of azide groups is 1. The number of aliphatic hydroxyl groups is 1. The summed E-state index contributed by atoms with van der Waals surface area (Å²) in [6.45, 7) is 0.112. The third-order valence-electron chi connectivity index (χ3n) is 0.263. The molecule has 0 bridgehead atoms. The van der Waals surface area contributed by atoms with Crippen molar-refractivity contribution in [2.75, 3.05) is 13.2 Å². The Labute approximate surface area is 55.4 Å². The van der Waals surface area contributed by atoms with Gasteiger partial charge in [0, 0.05) is 18.1 Å². The van der Waals surface area contributed by atoms with Crippen LogP contribution in [-0.4, -0.2) is 28.6 Å². The zero-order valence-corrected chi connectivity index (χ0v) is 4.91. The molecule has 0 saturated heterocycles. The van der Waals surface area contributed by atoms with Crippen LogP contribution in [0.4, 0.5) is 0 Å². The second-order valence-corrected chi connectivity index (χ2v) is 0.916. The van der Waals surface area contributed by atoms with E-state index in [0.29, 0.717) is 0 Å². The van der Waals surface area contributed by atoms with Crippen molar-refractivity contribution >= 4 is 0 Å². The molecule has 0 aromatic heterocycles. The first-order valence-electron chi connectivity index (χ1n) is 2.10. The van der Waals surface area contributed by atoms with Gasteiger partial charge < -0.3 is 10.3 Å². The molecule has 0 saturated carbocycles. The first-order chi connectivity index (χ1) is 4.65. The summed E-state index contributed by atoms with van der Waals surface area (Å²) >= 11 is 0. The second-order valence-electron chi connectivity index (χ2n) is 0.916. The maximum Gasteiger partial charge on any atom is 0.291 e. The van der Waals surface area contributed by atoms with Crippen molar-refractivity contribution < 1.29 is 15.4 Å². The number of aliphatic hydroxyl groups excluding tert-OH is 1. The monoisotopic (exact) mass is 150 g/mol. The standard InChI is InChI=1S/C2H5N3O.HNO3/c3-5-4-1-2-6;2-1(3)4/h6H,1-2H2;(H,2,3,4). The van der Waals surface area contributed by atoms with E-state index < -0.39 is 5.09 Å². The lowest BCUT2D eigenvalue weighted by molar-refractivity contribution is -0.742. The van der Waals surface area contributed by atoms with Crippen molar-refractivity contribution in [2.45, 2.75) is 0 Å². The van der Waals surface area contributed by atoms with Crippen LogP contribution in [0.2, 0.25) is 0 Å². The van der Waals surface area contributed by atoms with Gasteiger partial charge in [0.1, 0.15) is 0 Å². The molecular weight excluding hydrogens is 144 g/mol. The Bertz CT molecular complexity index is 125. The molecule has 0 radical (unpaired) electrons. The third-order valence-corrected chi connectivity index (χ3v) is 0.263. The minimum atomic E-state index is -1.50. The summed E-state index contributed by atoms with van der Waals surface area (Å²) in [5, 5.41) is 24.6. The van der Waals surface area contributed by atoms with Crippen LogP contribution in [0.25, 0.3) is 10.4 Å². The molecule has 0 atom stereocenters. The van der Waals surface area contributed by atoms with Crippen molar-refractivity contribution in [2.24, 2.45) is 5.11 Å². The summed E-state index contributed by atoms with van der Waals surface area (Å²) in [4.78, 5) is 10.8. The van der Waals surface area contributed by atoms with Gasteiger partial charge in [0.25, 0.3) is 5.09 Å². The van der Waals surface area contributed by atoms with Crippen LogP contribution in [-0.2, 0) is 0 Å². The highest BCUT2D eigenvalue weighted by atomic mass is 16.9. The molecule has 0 spiro atoms. The molecule has 0 aromatic rings. The molecule has 0 fully saturated rings. The van der Waals surface area contributed by atoms with E-state index in [1.54, 1.807) is 0 Å². The molecule has 0 amide bonds. The van der Waals surface area contributed by atoms with Crippen molar-refractivity contribution in [1.29, 1.82) is 0 Å². The Morgan fingerprint density at radius 3 is 2.30 bits per heavy atom. The van der Waals surface area contributed by atoms with E-state index in [-0.39, 0.29) is 13.2 Å². The number of hydrogen-bond donors (Lipinski definition) is 2. The fourth-order valence-electron chi connectivity index (χ4n) is 0.0894. The van der Waals surface area contributed by atoms with Gasteiger partial charge in [-0.2, -0.15) is 0 Å². The van der Waals surface area contributed by atoms with Gasteiger partial charge in [0.15, 0.2) is 0 Å². The summed E-state index contributed by atoms with van der Waals surface area (Å²) in [7, 11) is 0. The fraction of sp³-hybridized carbons (Fsp3) is 1.00. The number of rotatable bonds is 2. The molecule has 8 heteroatoms. The first kappa shape index (κ1) is 11.3. The highest BCUT2D eigenvalue weighted by Gasteiger charge is 1.66. The van der Waals surface area contributed by atoms with Gasteiger partial charge in [-0.25, -0.2) is 0 Å². The lowest BCUT2D eigenvalue weighted by Crippen LogP contribution is -1.82. The van der Waals surface area contributed by atoms with Gasteiger partial charge in [-0.15, -0.1) is 10.1 Å². The van der Waals surface area contributed by atoms with E-state index >= 15 is 0 Å². The molecule has 0 aliphatic rings. The van der Waals surface area contributed by atoms with Gasteiger partial charge in [0.05, 0.1) is 0 Å². The van der Waals surface area contributed by atoms with Crippen molar-refractivity contribution in [3.8, 4) is 0 Å². The van der Waals surface area contributed by atoms with Crippen LogP contribution in [0.5, 0.6) is 0 Å². The van der Waals surface area contributed by atoms with E-state index in [2.05, 4.69) is 10.0 Å². The van der Waals surface area contributed by atoms with Gasteiger partial charge in [-0.3, -0.25) is 0 Å². The van der Waals surface area contributed by atoms with Gasteiger partial charge in [-0.05, 0) is 5.53 Å². The summed E-state index contributed by atoms with van der Waals surface area (Å²) in [6, 6.07) is 0. The van der Waals surface area contributed by atoms with Crippen molar-refractivity contribution in [3.05, 3.63) is 20.6 Å². The van der Waals surface area contributed by atoms with Gasteiger partial charge >= 0.3 is 0 Å². The van der Waals surface area contributed by atoms with Crippen LogP contribution in [0, 0.1) is 10.1 Å². The minimum Gasteiger partial charge on any atom is -0.396 e. The molecule has 0 heterocycles. The first-order valence-corrected chi connectivity index (χ1v) is 2.10. The second kappa shape index (κ2) is 10.5. The molecule has 0 aromatic carbocycles.